The third-order valence-electron chi connectivity index (χ3n) is 4.14. The van der Waals surface area contributed by atoms with E-state index in [2.05, 4.69) is 66.3 Å². The number of hydrogen-bond acceptors (Lipinski definition) is 1. The molecule has 0 fully saturated rings. The molecule has 0 aromatic heterocycles. The minimum absolute atomic E-state index is 0.643. The van der Waals surface area contributed by atoms with E-state index in [1.54, 1.807) is 0 Å². The van der Waals surface area contributed by atoms with Crippen LogP contribution in [0.25, 0.3) is 0 Å². The number of nitrogens with one attached hydrogen (secondary N) is 1. The molecule has 114 valence electrons. The molecule has 0 amide bonds. The molecule has 0 radical (unpaired) electrons. The van der Waals surface area contributed by atoms with Crippen LogP contribution in [0.2, 0.25) is 0 Å². The summed E-state index contributed by atoms with van der Waals surface area (Å²) in [6.07, 6.45) is 6.68. The normalized spacial score (nSPS) is 14.2. The van der Waals surface area contributed by atoms with Gasteiger partial charge in [0.15, 0.2) is 0 Å². The molecule has 1 aromatic carbocycles. The quantitative estimate of drug-likeness (QED) is 0.572. The molecule has 0 spiro atoms. The molecule has 0 aliphatic heterocycles. The fourth-order valence-electron chi connectivity index (χ4n) is 2.77. The molecule has 0 aliphatic rings. The molecule has 0 bridgehead atoms. The Bertz CT molecular complexity index is 347. The van der Waals surface area contributed by atoms with Crippen LogP contribution in [0.3, 0.4) is 0 Å². The summed E-state index contributed by atoms with van der Waals surface area (Å²) in [7, 11) is 0. The Morgan fingerprint density at radius 3 is 2.35 bits per heavy atom. The highest BCUT2D eigenvalue weighted by Crippen LogP contribution is 2.29. The SMILES string of the molecule is CCCCC(CC)CC(CNCC)c1ccc(Br)cc1. The lowest BCUT2D eigenvalue weighted by Crippen LogP contribution is -2.23. The van der Waals surface area contributed by atoms with E-state index in [1.807, 2.05) is 0 Å². The average Bonchev–Trinajstić information content (AvgIpc) is 2.48. The van der Waals surface area contributed by atoms with Crippen molar-refractivity contribution in [2.24, 2.45) is 5.92 Å². The second-order valence-electron chi connectivity index (χ2n) is 5.71. The van der Waals surface area contributed by atoms with E-state index in [4.69, 9.17) is 0 Å². The predicted octanol–water partition coefficient (Wildman–Crippen LogP) is 5.75. The van der Waals surface area contributed by atoms with Gasteiger partial charge in [-0.25, -0.2) is 0 Å². The zero-order valence-corrected chi connectivity index (χ0v) is 14.9. The Morgan fingerprint density at radius 2 is 1.80 bits per heavy atom. The first-order chi connectivity index (χ1) is 9.71. The third-order valence-corrected chi connectivity index (χ3v) is 4.67. The van der Waals surface area contributed by atoms with Crippen molar-refractivity contribution in [3.63, 3.8) is 0 Å². The number of halogens is 1. The van der Waals surface area contributed by atoms with Crippen molar-refractivity contribution in [1.29, 1.82) is 0 Å². The molecule has 2 unspecified atom stereocenters. The van der Waals surface area contributed by atoms with Gasteiger partial charge in [-0.15, -0.1) is 0 Å². The van der Waals surface area contributed by atoms with Gasteiger partial charge in [0, 0.05) is 11.0 Å². The summed E-state index contributed by atoms with van der Waals surface area (Å²) < 4.78 is 1.17. The maximum absolute atomic E-state index is 3.54. The van der Waals surface area contributed by atoms with Crippen LogP contribution in [0.15, 0.2) is 28.7 Å². The molecule has 2 heteroatoms. The van der Waals surface area contributed by atoms with Crippen molar-refractivity contribution in [2.45, 2.75) is 58.8 Å². The van der Waals surface area contributed by atoms with Crippen LogP contribution >= 0.6 is 15.9 Å². The summed E-state index contributed by atoms with van der Waals surface area (Å²) in [6.45, 7) is 8.97. The van der Waals surface area contributed by atoms with Crippen molar-refractivity contribution >= 4 is 15.9 Å². The van der Waals surface area contributed by atoms with Gasteiger partial charge in [-0.05, 0) is 42.5 Å². The first-order valence-corrected chi connectivity index (χ1v) is 8.96. The lowest BCUT2D eigenvalue weighted by molar-refractivity contribution is 0.377. The zero-order chi connectivity index (χ0) is 14.8. The highest BCUT2D eigenvalue weighted by Gasteiger charge is 2.16. The third kappa shape index (κ3) is 6.41. The number of unbranched alkanes of at least 4 members (excludes halogenated alkanes) is 1. The van der Waals surface area contributed by atoms with E-state index in [0.29, 0.717) is 5.92 Å². The monoisotopic (exact) mass is 339 g/mol. The molecular formula is C18H30BrN. The minimum Gasteiger partial charge on any atom is -0.316 e. The second-order valence-corrected chi connectivity index (χ2v) is 6.62. The van der Waals surface area contributed by atoms with Crippen molar-refractivity contribution in [3.8, 4) is 0 Å². The van der Waals surface area contributed by atoms with Gasteiger partial charge in [-0.3, -0.25) is 0 Å². The smallest absolute Gasteiger partial charge is 0.0175 e. The summed E-state index contributed by atoms with van der Waals surface area (Å²) in [6, 6.07) is 8.89. The Balaban J connectivity index is 2.69. The van der Waals surface area contributed by atoms with E-state index < -0.39 is 0 Å². The van der Waals surface area contributed by atoms with Gasteiger partial charge in [-0.2, -0.15) is 0 Å². The van der Waals surface area contributed by atoms with Crippen LogP contribution in [0, 0.1) is 5.92 Å². The van der Waals surface area contributed by atoms with Crippen molar-refractivity contribution < 1.29 is 0 Å². The van der Waals surface area contributed by atoms with Crippen LogP contribution in [0.5, 0.6) is 0 Å². The minimum atomic E-state index is 0.643. The lowest BCUT2D eigenvalue weighted by atomic mass is 9.85. The number of benzene rings is 1. The standard InChI is InChI=1S/C18H30BrN/c1-4-7-8-15(5-2)13-17(14-20-6-3)16-9-11-18(19)12-10-16/h9-12,15,17,20H,4-8,13-14H2,1-3H3. The molecule has 0 saturated carbocycles. The van der Waals surface area contributed by atoms with E-state index in [-0.39, 0.29) is 0 Å². The summed E-state index contributed by atoms with van der Waals surface area (Å²) in [5, 5.41) is 3.54. The Kier molecular flexibility index (Phi) is 9.21. The van der Waals surface area contributed by atoms with Gasteiger partial charge in [0.1, 0.15) is 0 Å². The molecule has 20 heavy (non-hydrogen) atoms. The first-order valence-electron chi connectivity index (χ1n) is 8.17. The molecule has 2 atom stereocenters. The van der Waals surface area contributed by atoms with Gasteiger partial charge in [0.05, 0.1) is 0 Å². The molecule has 1 aromatic rings. The van der Waals surface area contributed by atoms with Crippen LogP contribution in [0.4, 0.5) is 0 Å². The maximum Gasteiger partial charge on any atom is 0.0175 e. The fraction of sp³-hybridized carbons (Fsp3) is 0.667. The molecule has 1 nitrogen and oxygen atoms in total. The summed E-state index contributed by atoms with van der Waals surface area (Å²) in [5.41, 5.74) is 1.48. The van der Waals surface area contributed by atoms with Crippen molar-refractivity contribution in [3.05, 3.63) is 34.3 Å². The summed E-state index contributed by atoms with van der Waals surface area (Å²) in [5.74, 6) is 1.51. The highest BCUT2D eigenvalue weighted by atomic mass is 79.9. The molecule has 1 rings (SSSR count). The molecule has 1 N–H and O–H groups in total. The molecule has 0 aliphatic carbocycles. The lowest BCUT2D eigenvalue weighted by Gasteiger charge is -2.23. The van der Waals surface area contributed by atoms with E-state index >= 15 is 0 Å². The van der Waals surface area contributed by atoms with Gasteiger partial charge in [-0.1, -0.05) is 74.5 Å². The van der Waals surface area contributed by atoms with Gasteiger partial charge < -0.3 is 5.32 Å². The number of likely N-dealkylation sites (N-methyl/N-ethyl adjacent to an activating group) is 1. The zero-order valence-electron chi connectivity index (χ0n) is 13.3. The Morgan fingerprint density at radius 1 is 1.10 bits per heavy atom. The first kappa shape index (κ1) is 17.7. The van der Waals surface area contributed by atoms with Gasteiger partial charge in [0.25, 0.3) is 0 Å². The predicted molar refractivity (Wildman–Crippen MR) is 93.3 cm³/mol. The second kappa shape index (κ2) is 10.4. The van der Waals surface area contributed by atoms with E-state index in [1.165, 1.54) is 42.1 Å². The van der Waals surface area contributed by atoms with Crippen molar-refractivity contribution in [1.82, 2.24) is 5.32 Å². The summed E-state index contributed by atoms with van der Waals surface area (Å²) in [4.78, 5) is 0. The van der Waals surface area contributed by atoms with Gasteiger partial charge in [0.2, 0.25) is 0 Å². The fourth-order valence-corrected chi connectivity index (χ4v) is 3.04. The van der Waals surface area contributed by atoms with E-state index in [0.717, 1.165) is 19.0 Å². The van der Waals surface area contributed by atoms with Crippen LogP contribution in [0.1, 0.15) is 64.4 Å². The molecular weight excluding hydrogens is 310 g/mol. The van der Waals surface area contributed by atoms with Crippen LogP contribution in [-0.2, 0) is 0 Å². The topological polar surface area (TPSA) is 12.0 Å². The van der Waals surface area contributed by atoms with E-state index in [9.17, 15) is 0 Å². The van der Waals surface area contributed by atoms with Crippen LogP contribution in [-0.4, -0.2) is 13.1 Å². The molecule has 0 heterocycles. The Hall–Kier alpha value is -0.340. The maximum atomic E-state index is 3.54. The summed E-state index contributed by atoms with van der Waals surface area (Å²) >= 11 is 3.53. The van der Waals surface area contributed by atoms with Gasteiger partial charge >= 0.3 is 0 Å². The highest BCUT2D eigenvalue weighted by molar-refractivity contribution is 9.10. The van der Waals surface area contributed by atoms with Crippen LogP contribution < -0.4 is 5.32 Å². The largest absolute Gasteiger partial charge is 0.316 e. The molecule has 0 saturated heterocycles. The Labute approximate surface area is 133 Å². The van der Waals surface area contributed by atoms with Crippen molar-refractivity contribution in [2.75, 3.05) is 13.1 Å². The number of hydrogen-bond donors (Lipinski definition) is 1. The average molecular weight is 340 g/mol. The number of rotatable bonds is 10.